The Bertz CT molecular complexity index is 372. The fraction of sp³-hybridized carbons (Fsp3) is 0.556. The lowest BCUT2D eigenvalue weighted by Crippen LogP contribution is -2.53. The molecule has 0 spiro atoms. The van der Waals surface area contributed by atoms with Crippen molar-refractivity contribution in [2.45, 2.75) is 27.7 Å². The molecule has 4 atom stereocenters. The standard InChI is InChI=1S/C18H24/c1-17(2)13-9-5-7-11-15(13)18(3,4)16-12-8-6-10-14(16)17/h5-16H,1-4H3. The van der Waals surface area contributed by atoms with Crippen molar-refractivity contribution >= 4 is 0 Å². The highest BCUT2D eigenvalue weighted by atomic mass is 14.6. The van der Waals surface area contributed by atoms with Gasteiger partial charge in [-0.15, -0.1) is 0 Å². The highest BCUT2D eigenvalue weighted by Gasteiger charge is 2.55. The van der Waals surface area contributed by atoms with Crippen LogP contribution in [0.3, 0.4) is 0 Å². The van der Waals surface area contributed by atoms with E-state index < -0.39 is 0 Å². The molecular formula is C18H24. The minimum absolute atomic E-state index is 0.341. The van der Waals surface area contributed by atoms with Gasteiger partial charge in [-0.25, -0.2) is 0 Å². The van der Waals surface area contributed by atoms with Crippen molar-refractivity contribution in [3.63, 3.8) is 0 Å². The van der Waals surface area contributed by atoms with Gasteiger partial charge < -0.3 is 0 Å². The summed E-state index contributed by atoms with van der Waals surface area (Å²) in [6.07, 6.45) is 18.7. The zero-order chi connectivity index (χ0) is 13.0. The van der Waals surface area contributed by atoms with Gasteiger partial charge in [0.15, 0.2) is 0 Å². The lowest BCUT2D eigenvalue weighted by atomic mass is 9.45. The quantitative estimate of drug-likeness (QED) is 0.572. The number of allylic oxidation sites excluding steroid dienone is 8. The van der Waals surface area contributed by atoms with E-state index in [1.54, 1.807) is 0 Å². The van der Waals surface area contributed by atoms with Crippen LogP contribution in [-0.4, -0.2) is 0 Å². The van der Waals surface area contributed by atoms with Crippen LogP contribution in [0.1, 0.15) is 27.7 Å². The Balaban J connectivity index is 2.12. The molecule has 0 aromatic rings. The van der Waals surface area contributed by atoms with Gasteiger partial charge in [-0.2, -0.15) is 0 Å². The van der Waals surface area contributed by atoms with Crippen LogP contribution in [0.2, 0.25) is 0 Å². The van der Waals surface area contributed by atoms with Crippen LogP contribution in [0.5, 0.6) is 0 Å². The van der Waals surface area contributed by atoms with Gasteiger partial charge in [0.25, 0.3) is 0 Å². The lowest BCUT2D eigenvalue weighted by molar-refractivity contribution is -0.0438. The van der Waals surface area contributed by atoms with Crippen molar-refractivity contribution in [3.8, 4) is 0 Å². The van der Waals surface area contributed by atoms with E-state index in [0.29, 0.717) is 34.5 Å². The third kappa shape index (κ3) is 1.44. The summed E-state index contributed by atoms with van der Waals surface area (Å²) < 4.78 is 0. The first-order valence-electron chi connectivity index (χ1n) is 7.15. The summed E-state index contributed by atoms with van der Waals surface area (Å²) in [7, 11) is 0. The molecule has 0 radical (unpaired) electrons. The predicted molar refractivity (Wildman–Crippen MR) is 78.1 cm³/mol. The molecule has 3 aliphatic rings. The third-order valence-electron chi connectivity index (χ3n) is 5.71. The van der Waals surface area contributed by atoms with Gasteiger partial charge in [0.05, 0.1) is 0 Å². The molecule has 0 nitrogen and oxygen atoms in total. The van der Waals surface area contributed by atoms with Crippen LogP contribution < -0.4 is 0 Å². The van der Waals surface area contributed by atoms with Gasteiger partial charge in [-0.05, 0) is 34.5 Å². The van der Waals surface area contributed by atoms with E-state index in [1.165, 1.54) is 0 Å². The molecule has 1 fully saturated rings. The number of hydrogen-bond donors (Lipinski definition) is 0. The Morgan fingerprint density at radius 1 is 0.500 bits per heavy atom. The van der Waals surface area contributed by atoms with Gasteiger partial charge in [0, 0.05) is 0 Å². The molecule has 0 N–H and O–H groups in total. The average Bonchev–Trinajstić information content (AvgIpc) is 2.37. The molecule has 0 aliphatic heterocycles. The minimum Gasteiger partial charge on any atom is -0.0803 e. The Morgan fingerprint density at radius 2 is 0.722 bits per heavy atom. The molecule has 4 unspecified atom stereocenters. The van der Waals surface area contributed by atoms with E-state index in [2.05, 4.69) is 76.3 Å². The molecule has 0 heterocycles. The van der Waals surface area contributed by atoms with Crippen molar-refractivity contribution in [2.75, 3.05) is 0 Å². The summed E-state index contributed by atoms with van der Waals surface area (Å²) in [6.45, 7) is 9.80. The monoisotopic (exact) mass is 240 g/mol. The largest absolute Gasteiger partial charge is 0.0803 e. The lowest BCUT2D eigenvalue weighted by Gasteiger charge is -2.59. The molecule has 18 heavy (non-hydrogen) atoms. The number of rotatable bonds is 0. The summed E-state index contributed by atoms with van der Waals surface area (Å²) in [5.41, 5.74) is 0.681. The first-order valence-corrected chi connectivity index (χ1v) is 7.15. The second kappa shape index (κ2) is 3.73. The second-order valence-corrected chi connectivity index (χ2v) is 7.29. The van der Waals surface area contributed by atoms with Crippen LogP contribution in [0, 0.1) is 34.5 Å². The maximum Gasteiger partial charge on any atom is -0.0105 e. The van der Waals surface area contributed by atoms with Gasteiger partial charge >= 0.3 is 0 Å². The molecule has 96 valence electrons. The van der Waals surface area contributed by atoms with Crippen molar-refractivity contribution in [1.29, 1.82) is 0 Å². The summed E-state index contributed by atoms with van der Waals surface area (Å²) in [5.74, 6) is 2.65. The molecule has 3 aliphatic carbocycles. The van der Waals surface area contributed by atoms with E-state index in [0.717, 1.165) is 0 Å². The number of fused-ring (bicyclic) bond motifs is 2. The van der Waals surface area contributed by atoms with Crippen LogP contribution in [0.25, 0.3) is 0 Å². The molecule has 3 rings (SSSR count). The van der Waals surface area contributed by atoms with E-state index in [1.807, 2.05) is 0 Å². The molecule has 1 saturated carbocycles. The van der Waals surface area contributed by atoms with Gasteiger partial charge in [-0.1, -0.05) is 76.3 Å². The van der Waals surface area contributed by atoms with Crippen molar-refractivity contribution in [3.05, 3.63) is 48.6 Å². The van der Waals surface area contributed by atoms with Crippen molar-refractivity contribution in [1.82, 2.24) is 0 Å². The fourth-order valence-corrected chi connectivity index (χ4v) is 4.50. The smallest absolute Gasteiger partial charge is 0.0105 e. The van der Waals surface area contributed by atoms with Crippen molar-refractivity contribution < 1.29 is 0 Å². The van der Waals surface area contributed by atoms with Crippen LogP contribution in [-0.2, 0) is 0 Å². The highest BCUT2D eigenvalue weighted by Crippen LogP contribution is 2.61. The minimum atomic E-state index is 0.341. The SMILES string of the molecule is CC1(C)C2C=CC=CC2C(C)(C)C2C=CC=CC21. The molecule has 0 heteroatoms. The summed E-state index contributed by atoms with van der Waals surface area (Å²) in [5, 5.41) is 0. The summed E-state index contributed by atoms with van der Waals surface area (Å²) in [6, 6.07) is 0. The Morgan fingerprint density at radius 3 is 0.944 bits per heavy atom. The highest BCUT2D eigenvalue weighted by molar-refractivity contribution is 5.29. The van der Waals surface area contributed by atoms with Crippen LogP contribution >= 0.6 is 0 Å². The number of hydrogen-bond acceptors (Lipinski definition) is 0. The molecule has 0 aromatic heterocycles. The maximum atomic E-state index is 2.45. The third-order valence-corrected chi connectivity index (χ3v) is 5.71. The van der Waals surface area contributed by atoms with Gasteiger partial charge in [-0.3, -0.25) is 0 Å². The maximum absolute atomic E-state index is 2.45. The van der Waals surface area contributed by atoms with Gasteiger partial charge in [0.2, 0.25) is 0 Å². The Hall–Kier alpha value is -1.04. The van der Waals surface area contributed by atoms with E-state index in [-0.39, 0.29) is 0 Å². The zero-order valence-corrected chi connectivity index (χ0v) is 11.9. The summed E-state index contributed by atoms with van der Waals surface area (Å²) in [4.78, 5) is 0. The molecule has 0 bridgehead atoms. The second-order valence-electron chi connectivity index (χ2n) is 7.29. The predicted octanol–water partition coefficient (Wildman–Crippen LogP) is 4.77. The summed E-state index contributed by atoms with van der Waals surface area (Å²) >= 11 is 0. The fourth-order valence-electron chi connectivity index (χ4n) is 4.50. The molecule has 0 aromatic carbocycles. The molecular weight excluding hydrogens is 216 g/mol. The first-order chi connectivity index (χ1) is 8.45. The Labute approximate surface area is 111 Å². The normalized spacial score (nSPS) is 42.4. The molecule has 0 amide bonds. The van der Waals surface area contributed by atoms with E-state index in [4.69, 9.17) is 0 Å². The first kappa shape index (κ1) is 12.0. The molecule has 0 saturated heterocycles. The zero-order valence-electron chi connectivity index (χ0n) is 11.9. The average molecular weight is 240 g/mol. The van der Waals surface area contributed by atoms with Gasteiger partial charge in [0.1, 0.15) is 0 Å². The Kier molecular flexibility index (Phi) is 2.49. The van der Waals surface area contributed by atoms with Crippen molar-refractivity contribution in [2.24, 2.45) is 34.5 Å². The van der Waals surface area contributed by atoms with Crippen LogP contribution in [0.15, 0.2) is 48.6 Å². The van der Waals surface area contributed by atoms with Crippen LogP contribution in [0.4, 0.5) is 0 Å². The van der Waals surface area contributed by atoms with E-state index >= 15 is 0 Å². The van der Waals surface area contributed by atoms with E-state index in [9.17, 15) is 0 Å². The topological polar surface area (TPSA) is 0 Å².